The third-order valence-corrected chi connectivity index (χ3v) is 4.91. The van der Waals surface area contributed by atoms with Gasteiger partial charge in [-0.05, 0) is 55.3 Å². The summed E-state index contributed by atoms with van der Waals surface area (Å²) in [7, 11) is 0. The average Bonchev–Trinajstić information content (AvgIpc) is 3.40. The number of fused-ring (bicyclic) bond motifs is 1. The number of halogens is 1. The van der Waals surface area contributed by atoms with Crippen molar-refractivity contribution in [1.82, 2.24) is 19.7 Å². The van der Waals surface area contributed by atoms with Gasteiger partial charge in [0, 0.05) is 22.6 Å². The first-order chi connectivity index (χ1) is 14.5. The minimum atomic E-state index is -1.05. The summed E-state index contributed by atoms with van der Waals surface area (Å²) in [6.45, 7) is 0. The van der Waals surface area contributed by atoms with Crippen LogP contribution >= 0.6 is 11.6 Å². The summed E-state index contributed by atoms with van der Waals surface area (Å²) in [5.41, 5.74) is 0.765. The van der Waals surface area contributed by atoms with E-state index in [0.29, 0.717) is 39.8 Å². The summed E-state index contributed by atoms with van der Waals surface area (Å²) in [6.07, 6.45) is 4.81. The molecule has 5 rings (SSSR count). The zero-order chi connectivity index (χ0) is 20.7. The van der Waals surface area contributed by atoms with E-state index in [0.717, 1.165) is 18.2 Å². The Balaban J connectivity index is 1.54. The molecule has 30 heavy (non-hydrogen) atoms. The van der Waals surface area contributed by atoms with Gasteiger partial charge >= 0.3 is 5.97 Å². The van der Waals surface area contributed by atoms with Crippen LogP contribution in [0.15, 0.2) is 54.9 Å². The molecule has 0 unspecified atom stereocenters. The molecule has 2 N–H and O–H groups in total. The summed E-state index contributed by atoms with van der Waals surface area (Å²) in [5.74, 6) is 1.22. The fourth-order valence-electron chi connectivity index (χ4n) is 2.97. The molecule has 8 nitrogen and oxygen atoms in total. The number of aromatic carboxylic acids is 1. The Morgan fingerprint density at radius 2 is 1.90 bits per heavy atom. The van der Waals surface area contributed by atoms with Crippen molar-refractivity contribution in [2.24, 2.45) is 0 Å². The maximum absolute atomic E-state index is 11.2. The SMILES string of the molecule is O=C(O)c1cnn(-c2nc(NC3CC3)c3cc(Oc4ccc(Cl)cc4)ccc3n2)c1. The highest BCUT2D eigenvalue weighted by Gasteiger charge is 2.23. The number of rotatable bonds is 6. The smallest absolute Gasteiger partial charge is 0.338 e. The molecule has 0 aliphatic heterocycles. The normalized spacial score (nSPS) is 13.4. The number of benzene rings is 2. The summed E-state index contributed by atoms with van der Waals surface area (Å²) in [4.78, 5) is 20.3. The van der Waals surface area contributed by atoms with E-state index in [2.05, 4.69) is 20.4 Å². The van der Waals surface area contributed by atoms with E-state index < -0.39 is 5.97 Å². The van der Waals surface area contributed by atoms with Gasteiger partial charge in [-0.25, -0.2) is 14.5 Å². The van der Waals surface area contributed by atoms with Gasteiger partial charge in [0.2, 0.25) is 0 Å². The number of carboxylic acids is 1. The van der Waals surface area contributed by atoms with Crippen LogP contribution in [0.1, 0.15) is 23.2 Å². The molecule has 0 atom stereocenters. The topological polar surface area (TPSA) is 102 Å². The van der Waals surface area contributed by atoms with Crippen molar-refractivity contribution in [3.63, 3.8) is 0 Å². The Labute approximate surface area is 176 Å². The molecule has 0 saturated heterocycles. The Hall–Kier alpha value is -3.65. The first-order valence-electron chi connectivity index (χ1n) is 9.35. The van der Waals surface area contributed by atoms with Crippen LogP contribution in [-0.4, -0.2) is 36.9 Å². The Bertz CT molecular complexity index is 1250. The molecule has 1 aliphatic rings. The van der Waals surface area contributed by atoms with Crippen LogP contribution in [0.5, 0.6) is 11.5 Å². The first-order valence-corrected chi connectivity index (χ1v) is 9.73. The lowest BCUT2D eigenvalue weighted by atomic mass is 10.2. The minimum Gasteiger partial charge on any atom is -0.478 e. The molecular weight excluding hydrogens is 406 g/mol. The number of aromatic nitrogens is 4. The Morgan fingerprint density at radius 3 is 2.60 bits per heavy atom. The average molecular weight is 422 g/mol. The second-order valence-electron chi connectivity index (χ2n) is 7.00. The van der Waals surface area contributed by atoms with Gasteiger partial charge in [-0.3, -0.25) is 0 Å². The first kappa shape index (κ1) is 18.4. The number of nitrogens with zero attached hydrogens (tertiary/aromatic N) is 4. The maximum Gasteiger partial charge on any atom is 0.338 e. The summed E-state index contributed by atoms with van der Waals surface area (Å²) < 4.78 is 7.30. The van der Waals surface area contributed by atoms with Crippen molar-refractivity contribution in [1.29, 1.82) is 0 Å². The number of hydrogen-bond donors (Lipinski definition) is 2. The van der Waals surface area contributed by atoms with Gasteiger partial charge < -0.3 is 15.2 Å². The molecule has 0 amide bonds. The van der Waals surface area contributed by atoms with Gasteiger partial charge in [0.1, 0.15) is 17.3 Å². The van der Waals surface area contributed by atoms with E-state index in [1.807, 2.05) is 18.2 Å². The number of ether oxygens (including phenoxy) is 1. The second kappa shape index (κ2) is 7.31. The number of nitrogens with one attached hydrogen (secondary N) is 1. The molecule has 2 aromatic heterocycles. The van der Waals surface area contributed by atoms with E-state index in [-0.39, 0.29) is 5.56 Å². The zero-order valence-electron chi connectivity index (χ0n) is 15.6. The Kier molecular flexibility index (Phi) is 4.48. The molecule has 2 aromatic carbocycles. The largest absolute Gasteiger partial charge is 0.478 e. The fourth-order valence-corrected chi connectivity index (χ4v) is 3.10. The molecule has 1 saturated carbocycles. The quantitative estimate of drug-likeness (QED) is 0.471. The van der Waals surface area contributed by atoms with Crippen LogP contribution in [-0.2, 0) is 0 Å². The molecule has 2 heterocycles. The highest BCUT2D eigenvalue weighted by atomic mass is 35.5. The molecule has 4 aromatic rings. The van der Waals surface area contributed by atoms with Gasteiger partial charge in [-0.2, -0.15) is 10.1 Å². The summed E-state index contributed by atoms with van der Waals surface area (Å²) >= 11 is 5.93. The number of anilines is 1. The van der Waals surface area contributed by atoms with E-state index in [9.17, 15) is 4.79 Å². The third-order valence-electron chi connectivity index (χ3n) is 4.66. The lowest BCUT2D eigenvalue weighted by Crippen LogP contribution is -2.09. The molecular formula is C21H16ClN5O3. The van der Waals surface area contributed by atoms with E-state index in [1.54, 1.807) is 24.3 Å². The molecule has 0 radical (unpaired) electrons. The van der Waals surface area contributed by atoms with Gasteiger partial charge in [0.25, 0.3) is 5.95 Å². The predicted molar refractivity (Wildman–Crippen MR) is 112 cm³/mol. The lowest BCUT2D eigenvalue weighted by Gasteiger charge is -2.12. The van der Waals surface area contributed by atoms with E-state index in [1.165, 1.54) is 17.1 Å². The lowest BCUT2D eigenvalue weighted by molar-refractivity contribution is 0.0697. The third kappa shape index (κ3) is 3.77. The molecule has 1 fully saturated rings. The minimum absolute atomic E-state index is 0.0714. The van der Waals surface area contributed by atoms with Crippen molar-refractivity contribution >= 4 is 34.3 Å². The van der Waals surface area contributed by atoms with Gasteiger partial charge in [0.05, 0.1) is 17.3 Å². The highest BCUT2D eigenvalue weighted by Crippen LogP contribution is 2.32. The highest BCUT2D eigenvalue weighted by molar-refractivity contribution is 6.30. The molecule has 0 bridgehead atoms. The van der Waals surface area contributed by atoms with Crippen molar-refractivity contribution in [3.05, 3.63) is 65.4 Å². The second-order valence-corrected chi connectivity index (χ2v) is 7.44. The van der Waals surface area contributed by atoms with Crippen LogP contribution in [0, 0.1) is 0 Å². The summed E-state index contributed by atoms with van der Waals surface area (Å²) in [5, 5.41) is 18.1. The standard InChI is InChI=1S/C21H16ClN5O3/c22-13-1-5-15(6-2-13)30-16-7-8-18-17(9-16)19(24-14-3-4-14)26-21(25-18)27-11-12(10-23-27)20(28)29/h1-2,5-11,14H,3-4H2,(H,28,29)(H,24,25,26). The van der Waals surface area contributed by atoms with Crippen LogP contribution in [0.25, 0.3) is 16.9 Å². The maximum atomic E-state index is 11.2. The fraction of sp³-hybridized carbons (Fsp3) is 0.143. The number of carboxylic acid groups (broad SMARTS) is 1. The molecule has 0 spiro atoms. The van der Waals surface area contributed by atoms with Crippen LogP contribution in [0.4, 0.5) is 5.82 Å². The zero-order valence-corrected chi connectivity index (χ0v) is 16.4. The molecule has 9 heteroatoms. The predicted octanol–water partition coefficient (Wildman–Crippen LogP) is 4.53. The van der Waals surface area contributed by atoms with Gasteiger partial charge in [-0.15, -0.1) is 0 Å². The van der Waals surface area contributed by atoms with Crippen molar-refractivity contribution in [2.75, 3.05) is 5.32 Å². The van der Waals surface area contributed by atoms with E-state index in [4.69, 9.17) is 21.4 Å². The van der Waals surface area contributed by atoms with Gasteiger partial charge in [0.15, 0.2) is 0 Å². The monoisotopic (exact) mass is 421 g/mol. The Morgan fingerprint density at radius 1 is 1.13 bits per heavy atom. The van der Waals surface area contributed by atoms with Crippen LogP contribution in [0.2, 0.25) is 5.02 Å². The summed E-state index contributed by atoms with van der Waals surface area (Å²) in [6, 6.07) is 13.0. The van der Waals surface area contributed by atoms with Crippen molar-refractivity contribution < 1.29 is 14.6 Å². The van der Waals surface area contributed by atoms with Crippen LogP contribution in [0.3, 0.4) is 0 Å². The molecule has 1 aliphatic carbocycles. The number of hydrogen-bond acceptors (Lipinski definition) is 6. The van der Waals surface area contributed by atoms with Crippen molar-refractivity contribution in [3.8, 4) is 17.4 Å². The van der Waals surface area contributed by atoms with E-state index >= 15 is 0 Å². The number of carbonyl (C=O) groups is 1. The van der Waals surface area contributed by atoms with Crippen molar-refractivity contribution in [2.45, 2.75) is 18.9 Å². The van der Waals surface area contributed by atoms with Crippen LogP contribution < -0.4 is 10.1 Å². The molecule has 150 valence electrons. The van der Waals surface area contributed by atoms with Gasteiger partial charge in [-0.1, -0.05) is 11.6 Å².